The van der Waals surface area contributed by atoms with Crippen LogP contribution in [0.25, 0.3) is 5.57 Å². The van der Waals surface area contributed by atoms with Gasteiger partial charge in [-0.3, -0.25) is 4.79 Å². The first-order chi connectivity index (χ1) is 10.4. The number of aldehydes is 1. The number of aromatic nitrogens is 1. The van der Waals surface area contributed by atoms with Crippen LogP contribution in [0.2, 0.25) is 0 Å². The van der Waals surface area contributed by atoms with Gasteiger partial charge >= 0.3 is 6.18 Å². The second-order valence-corrected chi connectivity index (χ2v) is 7.83. The van der Waals surface area contributed by atoms with Crippen LogP contribution in [0.5, 0.6) is 5.75 Å². The number of alkyl halides is 4. The summed E-state index contributed by atoms with van der Waals surface area (Å²) in [5.41, 5.74) is 0.0640. The monoisotopic (exact) mass is 423 g/mol. The van der Waals surface area contributed by atoms with Gasteiger partial charge in [0, 0.05) is 20.6 Å². The average molecular weight is 423 g/mol. The SMILES string of the molecule is COc1cnc(C(F)(F)F)cc1C1=C(C=O)C=CC(C)I=C1. The molecule has 22 heavy (non-hydrogen) atoms. The van der Waals surface area contributed by atoms with E-state index >= 15 is 0 Å². The van der Waals surface area contributed by atoms with Crippen molar-refractivity contribution in [1.29, 1.82) is 0 Å². The van der Waals surface area contributed by atoms with E-state index in [-0.39, 0.29) is 11.3 Å². The van der Waals surface area contributed by atoms with E-state index < -0.39 is 32.6 Å². The third-order valence-electron chi connectivity index (χ3n) is 3.02. The summed E-state index contributed by atoms with van der Waals surface area (Å²) < 4.78 is 45.9. The van der Waals surface area contributed by atoms with Gasteiger partial charge in [-0.05, 0) is 10.1 Å². The molecule has 0 aromatic carbocycles. The van der Waals surface area contributed by atoms with Gasteiger partial charge in [-0.2, -0.15) is 13.2 Å². The van der Waals surface area contributed by atoms with E-state index in [1.165, 1.54) is 7.11 Å². The summed E-state index contributed by atoms with van der Waals surface area (Å²) >= 11 is -0.417. The lowest BCUT2D eigenvalue weighted by Crippen LogP contribution is -2.09. The van der Waals surface area contributed by atoms with Gasteiger partial charge in [0.2, 0.25) is 0 Å². The zero-order valence-corrected chi connectivity index (χ0v) is 14.0. The van der Waals surface area contributed by atoms with Crippen molar-refractivity contribution in [2.75, 3.05) is 7.11 Å². The summed E-state index contributed by atoms with van der Waals surface area (Å²) in [5.74, 6) is 0.213. The maximum Gasteiger partial charge on any atom is 0.433 e. The summed E-state index contributed by atoms with van der Waals surface area (Å²) in [6.45, 7) is 2.01. The smallest absolute Gasteiger partial charge is 0.433 e. The minimum absolute atomic E-state index is 0.213. The Bertz CT molecular complexity index is 678. The van der Waals surface area contributed by atoms with Gasteiger partial charge in [0.1, 0.15) is 11.4 Å². The van der Waals surface area contributed by atoms with Crippen molar-refractivity contribution in [3.8, 4) is 5.75 Å². The van der Waals surface area contributed by atoms with Crippen molar-refractivity contribution in [2.24, 2.45) is 0 Å². The molecule has 0 fully saturated rings. The van der Waals surface area contributed by atoms with Crippen molar-refractivity contribution < 1.29 is 22.7 Å². The predicted molar refractivity (Wildman–Crippen MR) is 87.5 cm³/mol. The molecule has 0 saturated heterocycles. The molecule has 1 aliphatic rings. The molecule has 0 spiro atoms. The Morgan fingerprint density at radius 3 is 2.73 bits per heavy atom. The highest BCUT2D eigenvalue weighted by atomic mass is 127. The van der Waals surface area contributed by atoms with Crippen molar-refractivity contribution in [3.63, 3.8) is 0 Å². The Kier molecular flexibility index (Phi) is 5.15. The second-order valence-electron chi connectivity index (χ2n) is 4.53. The number of halogens is 4. The quantitative estimate of drug-likeness (QED) is 0.422. The molecule has 0 bridgehead atoms. The number of carbonyl (C=O) groups is 1. The third-order valence-corrected chi connectivity index (χ3v) is 5.55. The standard InChI is InChI=1S/C15H13F3INO2/c1-9-3-4-10(8-21)12(6-19-9)11-5-14(15(16,17)18)20-7-13(11)22-2/h3-9H,1-2H3. The highest BCUT2D eigenvalue weighted by molar-refractivity contribution is 14.2. The van der Waals surface area contributed by atoms with E-state index in [1.54, 1.807) is 6.08 Å². The molecule has 1 unspecified atom stereocenters. The fourth-order valence-corrected chi connectivity index (χ4v) is 3.95. The number of pyridine rings is 1. The van der Waals surface area contributed by atoms with Gasteiger partial charge in [-0.15, -0.1) is 20.7 Å². The summed E-state index contributed by atoms with van der Waals surface area (Å²) in [4.78, 5) is 14.7. The topological polar surface area (TPSA) is 39.2 Å². The van der Waals surface area contributed by atoms with Gasteiger partial charge in [0.05, 0.1) is 13.3 Å². The Balaban J connectivity index is 2.68. The number of nitrogens with zero attached hydrogens (tertiary/aromatic N) is 1. The Morgan fingerprint density at radius 1 is 1.41 bits per heavy atom. The number of hydrogen-bond donors (Lipinski definition) is 0. The molecule has 0 aliphatic carbocycles. The zero-order valence-electron chi connectivity index (χ0n) is 11.8. The van der Waals surface area contributed by atoms with Crippen LogP contribution >= 0.6 is 20.7 Å². The van der Waals surface area contributed by atoms with Crippen LogP contribution in [0.3, 0.4) is 0 Å². The van der Waals surface area contributed by atoms with E-state index in [9.17, 15) is 18.0 Å². The highest BCUT2D eigenvalue weighted by Crippen LogP contribution is 2.35. The first kappa shape index (κ1) is 16.9. The highest BCUT2D eigenvalue weighted by Gasteiger charge is 2.33. The molecule has 1 atom stereocenters. The van der Waals surface area contributed by atoms with Crippen molar-refractivity contribution >= 4 is 36.6 Å². The van der Waals surface area contributed by atoms with E-state index in [1.807, 2.05) is 17.0 Å². The van der Waals surface area contributed by atoms with Gasteiger partial charge in [-0.25, -0.2) is 4.98 Å². The van der Waals surface area contributed by atoms with E-state index in [0.717, 1.165) is 12.3 Å². The number of rotatable bonds is 3. The van der Waals surface area contributed by atoms with Gasteiger partial charge in [0.15, 0.2) is 6.29 Å². The molecular weight excluding hydrogens is 410 g/mol. The molecule has 2 heterocycles. The molecule has 118 valence electrons. The predicted octanol–water partition coefficient (Wildman–Crippen LogP) is 3.79. The van der Waals surface area contributed by atoms with Gasteiger partial charge in [0.25, 0.3) is 0 Å². The normalized spacial score (nSPS) is 18.7. The van der Waals surface area contributed by atoms with E-state index in [0.29, 0.717) is 21.4 Å². The number of hydrogen-bond acceptors (Lipinski definition) is 3. The number of allylic oxidation sites excluding steroid dienone is 4. The van der Waals surface area contributed by atoms with Crippen LogP contribution in [-0.2, 0) is 11.0 Å². The minimum Gasteiger partial charge on any atom is -0.494 e. The molecule has 0 amide bonds. The Morgan fingerprint density at radius 2 is 2.14 bits per heavy atom. The molecule has 0 saturated carbocycles. The Hall–Kier alpha value is -1.51. The minimum atomic E-state index is -4.55. The van der Waals surface area contributed by atoms with Crippen LogP contribution in [0.4, 0.5) is 13.2 Å². The molecule has 2 rings (SSSR count). The molecule has 1 aliphatic heterocycles. The van der Waals surface area contributed by atoms with Crippen molar-refractivity contribution in [1.82, 2.24) is 4.98 Å². The summed E-state index contributed by atoms with van der Waals surface area (Å²) in [6, 6.07) is 0.932. The van der Waals surface area contributed by atoms with E-state index in [4.69, 9.17) is 4.74 Å². The van der Waals surface area contributed by atoms with Crippen LogP contribution < -0.4 is 4.74 Å². The molecular formula is C15H13F3INO2. The Labute approximate surface area is 135 Å². The van der Waals surface area contributed by atoms with Crippen molar-refractivity contribution in [2.45, 2.75) is 17.0 Å². The molecule has 0 N–H and O–H groups in total. The lowest BCUT2D eigenvalue weighted by molar-refractivity contribution is -0.141. The molecule has 1 aromatic rings. The van der Waals surface area contributed by atoms with E-state index in [2.05, 4.69) is 4.98 Å². The van der Waals surface area contributed by atoms with Crippen LogP contribution in [-0.4, -0.2) is 26.3 Å². The van der Waals surface area contributed by atoms with Crippen LogP contribution in [0, 0.1) is 0 Å². The largest absolute Gasteiger partial charge is 0.494 e. The lowest BCUT2D eigenvalue weighted by Gasteiger charge is -2.13. The zero-order chi connectivity index (χ0) is 16.3. The maximum atomic E-state index is 12.9. The molecule has 3 nitrogen and oxygen atoms in total. The van der Waals surface area contributed by atoms with Crippen molar-refractivity contribution in [3.05, 3.63) is 41.2 Å². The fraction of sp³-hybridized carbons (Fsp3) is 0.267. The lowest BCUT2D eigenvalue weighted by atomic mass is 10.0. The fourth-order valence-electron chi connectivity index (χ4n) is 1.88. The molecule has 7 heteroatoms. The van der Waals surface area contributed by atoms with Gasteiger partial charge < -0.3 is 4.74 Å². The summed E-state index contributed by atoms with van der Waals surface area (Å²) in [7, 11) is 1.36. The molecule has 1 aromatic heterocycles. The number of ether oxygens (including phenoxy) is 1. The first-order valence-electron chi connectivity index (χ1n) is 6.31. The van der Waals surface area contributed by atoms with Crippen LogP contribution in [0.1, 0.15) is 18.2 Å². The second kappa shape index (κ2) is 6.72. The number of methoxy groups -OCH3 is 1. The molecule has 0 radical (unpaired) electrons. The summed E-state index contributed by atoms with van der Waals surface area (Å²) in [5, 5.41) is 0. The van der Waals surface area contributed by atoms with Gasteiger partial charge in [-0.1, -0.05) is 19.1 Å². The average Bonchev–Trinajstić information content (AvgIpc) is 2.67. The maximum absolute atomic E-state index is 12.9. The summed E-state index contributed by atoms with van der Waals surface area (Å²) in [6.07, 6.45) is 0.697. The van der Waals surface area contributed by atoms with Crippen LogP contribution in [0.15, 0.2) is 30.0 Å². The third kappa shape index (κ3) is 3.63. The number of carbonyl (C=O) groups excluding carboxylic acids is 1. The first-order valence-corrected chi connectivity index (χ1v) is 8.80.